The molecular weight excluding hydrogens is 242 g/mol. The van der Waals surface area contributed by atoms with Crippen molar-refractivity contribution < 1.29 is 4.74 Å². The van der Waals surface area contributed by atoms with Gasteiger partial charge in [-0.1, -0.05) is 11.6 Å². The van der Waals surface area contributed by atoms with Crippen molar-refractivity contribution in [3.63, 3.8) is 0 Å². The van der Waals surface area contributed by atoms with Gasteiger partial charge >= 0.3 is 0 Å². The van der Waals surface area contributed by atoms with Gasteiger partial charge in [0.2, 0.25) is 5.65 Å². The van der Waals surface area contributed by atoms with Gasteiger partial charge in [0.15, 0.2) is 11.0 Å². The van der Waals surface area contributed by atoms with E-state index >= 15 is 0 Å². The van der Waals surface area contributed by atoms with Crippen LogP contribution in [0.2, 0.25) is 5.15 Å². The number of halogens is 1. The van der Waals surface area contributed by atoms with Crippen LogP contribution in [0.15, 0.2) is 6.07 Å². The zero-order valence-corrected chi connectivity index (χ0v) is 10.1. The Morgan fingerprint density at radius 3 is 3.18 bits per heavy atom. The Morgan fingerprint density at radius 1 is 1.53 bits per heavy atom. The van der Waals surface area contributed by atoms with Crippen molar-refractivity contribution in [1.29, 1.82) is 0 Å². The molecule has 0 spiro atoms. The van der Waals surface area contributed by atoms with Crippen LogP contribution in [0, 0.1) is 6.92 Å². The molecule has 0 bridgehead atoms. The molecule has 3 rings (SSSR count). The molecule has 1 aliphatic heterocycles. The van der Waals surface area contributed by atoms with Crippen LogP contribution in [0.1, 0.15) is 12.2 Å². The van der Waals surface area contributed by atoms with E-state index < -0.39 is 0 Å². The number of aryl methyl sites for hydroxylation is 1. The zero-order valence-electron chi connectivity index (χ0n) is 9.35. The third-order valence-corrected chi connectivity index (χ3v) is 2.97. The molecule has 2 aromatic rings. The lowest BCUT2D eigenvalue weighted by Crippen LogP contribution is -2.19. The fourth-order valence-corrected chi connectivity index (χ4v) is 2.11. The van der Waals surface area contributed by atoms with Gasteiger partial charge in [-0.3, -0.25) is 0 Å². The first-order valence-electron chi connectivity index (χ1n) is 5.47. The van der Waals surface area contributed by atoms with Crippen molar-refractivity contribution in [3.05, 3.63) is 17.0 Å². The average molecular weight is 254 g/mol. The molecule has 0 aliphatic carbocycles. The van der Waals surface area contributed by atoms with E-state index in [1.807, 2.05) is 6.92 Å². The van der Waals surface area contributed by atoms with Crippen LogP contribution in [0.25, 0.3) is 5.65 Å². The Hall–Kier alpha value is -1.40. The lowest BCUT2D eigenvalue weighted by molar-refractivity contribution is 0.195. The molecule has 1 aliphatic rings. The summed E-state index contributed by atoms with van der Waals surface area (Å²) in [6.07, 6.45) is 0.985. The highest BCUT2D eigenvalue weighted by Crippen LogP contribution is 2.21. The summed E-state index contributed by atoms with van der Waals surface area (Å²) in [6.45, 7) is 3.34. The first-order chi connectivity index (χ1) is 8.24. The minimum atomic E-state index is 0.300. The first kappa shape index (κ1) is 10.7. The van der Waals surface area contributed by atoms with Gasteiger partial charge < -0.3 is 10.1 Å². The summed E-state index contributed by atoms with van der Waals surface area (Å²) in [4.78, 5) is 0. The number of hydrogen-bond acceptors (Lipinski definition) is 5. The Bertz CT molecular complexity index is 549. The van der Waals surface area contributed by atoms with E-state index in [-0.39, 0.29) is 0 Å². The maximum absolute atomic E-state index is 5.98. The minimum absolute atomic E-state index is 0.300. The van der Waals surface area contributed by atoms with Gasteiger partial charge in [-0.25, -0.2) is 0 Å². The highest BCUT2D eigenvalue weighted by molar-refractivity contribution is 6.29. The summed E-state index contributed by atoms with van der Waals surface area (Å²) >= 11 is 5.98. The molecule has 1 N–H and O–H groups in total. The van der Waals surface area contributed by atoms with Crippen LogP contribution in [0.4, 0.5) is 5.69 Å². The second-order valence-corrected chi connectivity index (χ2v) is 4.46. The Balaban J connectivity index is 2.02. The van der Waals surface area contributed by atoms with Crippen LogP contribution in [0.5, 0.6) is 0 Å². The first-order valence-corrected chi connectivity index (χ1v) is 5.84. The molecule has 1 fully saturated rings. The Morgan fingerprint density at radius 2 is 2.41 bits per heavy atom. The van der Waals surface area contributed by atoms with Gasteiger partial charge in [-0.05, 0) is 13.3 Å². The highest BCUT2D eigenvalue weighted by Gasteiger charge is 2.18. The molecule has 0 radical (unpaired) electrons. The second kappa shape index (κ2) is 4.12. The number of aromatic nitrogens is 4. The fraction of sp³-hybridized carbons (Fsp3) is 0.500. The summed E-state index contributed by atoms with van der Waals surface area (Å²) in [7, 11) is 0. The molecule has 90 valence electrons. The van der Waals surface area contributed by atoms with E-state index in [0.29, 0.717) is 29.3 Å². The standard InChI is InChI=1S/C10H12ClN5O/c1-6-13-14-10-8(4-9(11)15-16(6)10)12-7-2-3-17-5-7/h4,7,12H,2-3,5H2,1H3. The van der Waals surface area contributed by atoms with Crippen molar-refractivity contribution in [1.82, 2.24) is 19.8 Å². The number of nitrogens with zero attached hydrogens (tertiary/aromatic N) is 4. The maximum atomic E-state index is 5.98. The van der Waals surface area contributed by atoms with Gasteiger partial charge in [-0.2, -0.15) is 9.61 Å². The predicted molar refractivity (Wildman–Crippen MR) is 63.4 cm³/mol. The molecule has 3 heterocycles. The molecule has 7 heteroatoms. The predicted octanol–water partition coefficient (Wildman–Crippen LogP) is 1.29. The second-order valence-electron chi connectivity index (χ2n) is 4.07. The lowest BCUT2D eigenvalue weighted by atomic mass is 10.2. The van der Waals surface area contributed by atoms with Crippen molar-refractivity contribution in [2.75, 3.05) is 18.5 Å². The molecule has 1 saturated heterocycles. The number of ether oxygens (including phenoxy) is 1. The van der Waals surface area contributed by atoms with Crippen LogP contribution in [0.3, 0.4) is 0 Å². The number of nitrogens with one attached hydrogen (secondary N) is 1. The molecule has 6 nitrogen and oxygen atoms in total. The van der Waals surface area contributed by atoms with E-state index in [2.05, 4.69) is 20.6 Å². The molecule has 1 atom stereocenters. The summed E-state index contributed by atoms with van der Waals surface area (Å²) in [5, 5.41) is 16.0. The number of hydrogen-bond donors (Lipinski definition) is 1. The fourth-order valence-electron chi connectivity index (χ4n) is 1.93. The quantitative estimate of drug-likeness (QED) is 0.874. The normalized spacial score (nSPS) is 20.0. The van der Waals surface area contributed by atoms with E-state index in [1.165, 1.54) is 0 Å². The van der Waals surface area contributed by atoms with Crippen LogP contribution < -0.4 is 5.32 Å². The monoisotopic (exact) mass is 253 g/mol. The molecular formula is C10H12ClN5O. The van der Waals surface area contributed by atoms with Crippen LogP contribution in [-0.2, 0) is 4.74 Å². The maximum Gasteiger partial charge on any atom is 0.201 e. The van der Waals surface area contributed by atoms with Gasteiger partial charge in [0.1, 0.15) is 0 Å². The van der Waals surface area contributed by atoms with Gasteiger partial charge in [-0.15, -0.1) is 10.2 Å². The average Bonchev–Trinajstić information content (AvgIpc) is 2.90. The van der Waals surface area contributed by atoms with Gasteiger partial charge in [0.05, 0.1) is 18.3 Å². The van der Waals surface area contributed by atoms with Crippen molar-refractivity contribution in [2.45, 2.75) is 19.4 Å². The third-order valence-electron chi connectivity index (χ3n) is 2.79. The van der Waals surface area contributed by atoms with Crippen molar-refractivity contribution in [2.24, 2.45) is 0 Å². The molecule has 17 heavy (non-hydrogen) atoms. The number of fused-ring (bicyclic) bond motifs is 1. The zero-order chi connectivity index (χ0) is 11.8. The molecule has 0 saturated carbocycles. The number of anilines is 1. The summed E-state index contributed by atoms with van der Waals surface area (Å²) < 4.78 is 6.96. The summed E-state index contributed by atoms with van der Waals surface area (Å²) in [5.41, 5.74) is 1.54. The van der Waals surface area contributed by atoms with Gasteiger partial charge in [0, 0.05) is 12.7 Å². The molecule has 0 amide bonds. The largest absolute Gasteiger partial charge is 0.379 e. The van der Waals surface area contributed by atoms with Gasteiger partial charge in [0.25, 0.3) is 0 Å². The Labute approximate surface area is 103 Å². The third kappa shape index (κ3) is 1.94. The summed E-state index contributed by atoms with van der Waals surface area (Å²) in [5.74, 6) is 0.716. The van der Waals surface area contributed by atoms with Crippen molar-refractivity contribution >= 4 is 22.9 Å². The Kier molecular flexibility index (Phi) is 2.60. The SMILES string of the molecule is Cc1nnc2c(NC3CCOC3)cc(Cl)nn12. The topological polar surface area (TPSA) is 64.3 Å². The lowest BCUT2D eigenvalue weighted by Gasteiger charge is -2.12. The van der Waals surface area contributed by atoms with Crippen LogP contribution in [-0.4, -0.2) is 39.1 Å². The molecule has 0 aromatic carbocycles. The van der Waals surface area contributed by atoms with E-state index in [0.717, 1.165) is 18.7 Å². The molecule has 2 aromatic heterocycles. The smallest absolute Gasteiger partial charge is 0.201 e. The van der Waals surface area contributed by atoms with E-state index in [9.17, 15) is 0 Å². The molecule has 1 unspecified atom stereocenters. The highest BCUT2D eigenvalue weighted by atomic mass is 35.5. The van der Waals surface area contributed by atoms with Crippen molar-refractivity contribution in [3.8, 4) is 0 Å². The minimum Gasteiger partial charge on any atom is -0.379 e. The van der Waals surface area contributed by atoms with Crippen LogP contribution >= 0.6 is 11.6 Å². The van der Waals surface area contributed by atoms with E-state index in [1.54, 1.807) is 10.6 Å². The number of rotatable bonds is 2. The van der Waals surface area contributed by atoms with E-state index in [4.69, 9.17) is 16.3 Å². The summed E-state index contributed by atoms with van der Waals surface area (Å²) in [6, 6.07) is 2.07.